The minimum absolute atomic E-state index is 0.0939. The standard InChI is InChI=1S/C12H23NO3/c1-9(14)10-7-5-6-8-13(10)11(15)16-12(2,3)4/h9-10,14H,5-8H2,1-4H3/t9-,10-/m1/s1. The Morgan fingerprint density at radius 1 is 1.44 bits per heavy atom. The predicted octanol–water partition coefficient (Wildman–Crippen LogP) is 2.16. The molecule has 4 heteroatoms. The Bertz CT molecular complexity index is 245. The van der Waals surface area contributed by atoms with Crippen molar-refractivity contribution in [1.29, 1.82) is 0 Å². The van der Waals surface area contributed by atoms with Crippen molar-refractivity contribution < 1.29 is 14.6 Å². The summed E-state index contributed by atoms with van der Waals surface area (Å²) in [5.74, 6) is 0. The number of hydrogen-bond acceptors (Lipinski definition) is 3. The molecule has 1 fully saturated rings. The number of carbonyl (C=O) groups is 1. The van der Waals surface area contributed by atoms with Gasteiger partial charge in [0.05, 0.1) is 12.1 Å². The summed E-state index contributed by atoms with van der Waals surface area (Å²) in [7, 11) is 0. The van der Waals surface area contributed by atoms with Crippen molar-refractivity contribution in [2.24, 2.45) is 0 Å². The molecule has 1 heterocycles. The summed E-state index contributed by atoms with van der Waals surface area (Å²) in [6.07, 6.45) is 2.11. The molecule has 0 aromatic rings. The fourth-order valence-electron chi connectivity index (χ4n) is 2.01. The zero-order valence-electron chi connectivity index (χ0n) is 10.7. The third-order valence-corrected chi connectivity index (χ3v) is 2.73. The maximum atomic E-state index is 11.9. The molecule has 0 spiro atoms. The Morgan fingerprint density at radius 2 is 2.06 bits per heavy atom. The van der Waals surface area contributed by atoms with Gasteiger partial charge in [-0.15, -0.1) is 0 Å². The Labute approximate surface area is 97.6 Å². The number of hydrogen-bond donors (Lipinski definition) is 1. The molecule has 1 amide bonds. The van der Waals surface area contributed by atoms with Crippen LogP contribution in [0.1, 0.15) is 47.0 Å². The van der Waals surface area contributed by atoms with Crippen molar-refractivity contribution in [1.82, 2.24) is 4.90 Å². The van der Waals surface area contributed by atoms with Gasteiger partial charge < -0.3 is 14.7 Å². The van der Waals surface area contributed by atoms with E-state index in [0.29, 0.717) is 6.54 Å². The molecule has 0 aromatic heterocycles. The largest absolute Gasteiger partial charge is 0.444 e. The number of piperidine rings is 1. The highest BCUT2D eigenvalue weighted by Crippen LogP contribution is 2.22. The Hall–Kier alpha value is -0.770. The summed E-state index contributed by atoms with van der Waals surface area (Å²) in [4.78, 5) is 13.6. The van der Waals surface area contributed by atoms with Gasteiger partial charge in [0.25, 0.3) is 0 Å². The lowest BCUT2D eigenvalue weighted by Gasteiger charge is -2.38. The summed E-state index contributed by atoms with van der Waals surface area (Å²) < 4.78 is 5.33. The molecule has 1 saturated heterocycles. The summed E-state index contributed by atoms with van der Waals surface area (Å²) in [6.45, 7) is 7.97. The van der Waals surface area contributed by atoms with Crippen LogP contribution in [0.4, 0.5) is 4.79 Å². The minimum Gasteiger partial charge on any atom is -0.444 e. The molecule has 0 aromatic carbocycles. The first-order valence-electron chi connectivity index (χ1n) is 5.99. The summed E-state index contributed by atoms with van der Waals surface area (Å²) in [5, 5.41) is 9.65. The lowest BCUT2D eigenvalue weighted by Crippen LogP contribution is -2.50. The van der Waals surface area contributed by atoms with Gasteiger partial charge in [-0.1, -0.05) is 0 Å². The number of aliphatic hydroxyl groups is 1. The Balaban J connectivity index is 2.64. The summed E-state index contributed by atoms with van der Waals surface area (Å²) in [5.41, 5.74) is -0.474. The van der Waals surface area contributed by atoms with Crippen molar-refractivity contribution in [3.05, 3.63) is 0 Å². The second kappa shape index (κ2) is 5.04. The molecule has 1 rings (SSSR count). The number of carbonyl (C=O) groups excluding carboxylic acids is 1. The lowest BCUT2D eigenvalue weighted by molar-refractivity contribution is -0.0125. The van der Waals surface area contributed by atoms with E-state index in [2.05, 4.69) is 0 Å². The van der Waals surface area contributed by atoms with Gasteiger partial charge in [-0.2, -0.15) is 0 Å². The van der Waals surface area contributed by atoms with Gasteiger partial charge in [-0.25, -0.2) is 4.79 Å². The van der Waals surface area contributed by atoms with Crippen LogP contribution in [-0.2, 0) is 4.74 Å². The summed E-state index contributed by atoms with van der Waals surface area (Å²) >= 11 is 0. The van der Waals surface area contributed by atoms with E-state index in [9.17, 15) is 9.90 Å². The van der Waals surface area contributed by atoms with E-state index in [0.717, 1.165) is 19.3 Å². The maximum absolute atomic E-state index is 11.9. The first-order chi connectivity index (χ1) is 7.31. The molecule has 1 aliphatic rings. The van der Waals surface area contributed by atoms with Crippen LogP contribution in [0.2, 0.25) is 0 Å². The molecule has 0 saturated carbocycles. The van der Waals surface area contributed by atoms with Gasteiger partial charge in [0.2, 0.25) is 0 Å². The average Bonchev–Trinajstić information content (AvgIpc) is 2.15. The van der Waals surface area contributed by atoms with Crippen LogP contribution >= 0.6 is 0 Å². The number of nitrogens with zero attached hydrogens (tertiary/aromatic N) is 1. The molecule has 94 valence electrons. The monoisotopic (exact) mass is 229 g/mol. The van der Waals surface area contributed by atoms with E-state index in [-0.39, 0.29) is 12.1 Å². The van der Waals surface area contributed by atoms with Crippen LogP contribution < -0.4 is 0 Å². The number of rotatable bonds is 1. The number of ether oxygens (including phenoxy) is 1. The topological polar surface area (TPSA) is 49.8 Å². The fraction of sp³-hybridized carbons (Fsp3) is 0.917. The molecule has 2 atom stereocenters. The average molecular weight is 229 g/mol. The molecule has 0 bridgehead atoms. The highest BCUT2D eigenvalue weighted by atomic mass is 16.6. The van der Waals surface area contributed by atoms with Gasteiger partial charge in [0.1, 0.15) is 5.60 Å². The normalized spacial score (nSPS) is 24.1. The van der Waals surface area contributed by atoms with Crippen LogP contribution in [0.5, 0.6) is 0 Å². The zero-order valence-corrected chi connectivity index (χ0v) is 10.7. The molecule has 16 heavy (non-hydrogen) atoms. The molecular formula is C12H23NO3. The van der Waals surface area contributed by atoms with Crippen molar-refractivity contribution in [2.75, 3.05) is 6.54 Å². The van der Waals surface area contributed by atoms with Crippen LogP contribution in [0.25, 0.3) is 0 Å². The number of aliphatic hydroxyl groups excluding tert-OH is 1. The smallest absolute Gasteiger partial charge is 0.410 e. The molecule has 4 nitrogen and oxygen atoms in total. The van der Waals surface area contributed by atoms with Crippen molar-refractivity contribution in [3.63, 3.8) is 0 Å². The van der Waals surface area contributed by atoms with Gasteiger partial charge in [0.15, 0.2) is 0 Å². The Kier molecular flexibility index (Phi) is 4.19. The molecule has 0 unspecified atom stereocenters. The highest BCUT2D eigenvalue weighted by molar-refractivity contribution is 5.68. The van der Waals surface area contributed by atoms with E-state index < -0.39 is 11.7 Å². The van der Waals surface area contributed by atoms with Crippen LogP contribution in [0.3, 0.4) is 0 Å². The fourth-order valence-corrected chi connectivity index (χ4v) is 2.01. The van der Waals surface area contributed by atoms with Gasteiger partial charge >= 0.3 is 6.09 Å². The highest BCUT2D eigenvalue weighted by Gasteiger charge is 2.32. The Morgan fingerprint density at radius 3 is 2.56 bits per heavy atom. The quantitative estimate of drug-likeness (QED) is 0.749. The SMILES string of the molecule is C[C@@H](O)[C@H]1CCCCN1C(=O)OC(C)(C)C. The minimum atomic E-state index is -0.493. The predicted molar refractivity (Wildman–Crippen MR) is 62.3 cm³/mol. The van der Waals surface area contributed by atoms with E-state index in [1.165, 1.54) is 0 Å². The van der Waals surface area contributed by atoms with E-state index >= 15 is 0 Å². The van der Waals surface area contributed by atoms with E-state index in [1.54, 1.807) is 11.8 Å². The number of likely N-dealkylation sites (tertiary alicyclic amines) is 1. The lowest BCUT2D eigenvalue weighted by atomic mass is 9.99. The van der Waals surface area contributed by atoms with Crippen molar-refractivity contribution in [2.45, 2.75) is 64.7 Å². The molecule has 1 aliphatic heterocycles. The van der Waals surface area contributed by atoms with Crippen LogP contribution in [0.15, 0.2) is 0 Å². The maximum Gasteiger partial charge on any atom is 0.410 e. The van der Waals surface area contributed by atoms with E-state index in [1.807, 2.05) is 20.8 Å². The third kappa shape index (κ3) is 3.67. The first kappa shape index (κ1) is 13.3. The van der Waals surface area contributed by atoms with Crippen molar-refractivity contribution in [3.8, 4) is 0 Å². The summed E-state index contributed by atoms with van der Waals surface area (Å²) in [6, 6.07) is -0.0939. The van der Waals surface area contributed by atoms with Gasteiger partial charge in [-0.3, -0.25) is 0 Å². The van der Waals surface area contributed by atoms with Crippen LogP contribution in [-0.4, -0.2) is 40.4 Å². The first-order valence-corrected chi connectivity index (χ1v) is 5.99. The molecule has 0 aliphatic carbocycles. The molecule has 1 N–H and O–H groups in total. The third-order valence-electron chi connectivity index (χ3n) is 2.73. The molecule has 0 radical (unpaired) electrons. The van der Waals surface area contributed by atoms with Crippen molar-refractivity contribution >= 4 is 6.09 Å². The second-order valence-electron chi connectivity index (χ2n) is 5.48. The van der Waals surface area contributed by atoms with E-state index in [4.69, 9.17) is 4.74 Å². The van der Waals surface area contributed by atoms with Crippen LogP contribution in [0, 0.1) is 0 Å². The molecular weight excluding hydrogens is 206 g/mol. The van der Waals surface area contributed by atoms with Gasteiger partial charge in [0, 0.05) is 6.54 Å². The zero-order chi connectivity index (χ0) is 12.3. The van der Waals surface area contributed by atoms with Gasteiger partial charge in [-0.05, 0) is 47.0 Å². The number of amides is 1. The second-order valence-corrected chi connectivity index (χ2v) is 5.48.